The number of carboxylic acid groups (broad SMARTS) is 1. The molecule has 0 bridgehead atoms. The van der Waals surface area contributed by atoms with Crippen LogP contribution in [0.2, 0.25) is 0 Å². The Hall–Kier alpha value is -1.52. The van der Waals surface area contributed by atoms with Crippen LogP contribution in [-0.4, -0.2) is 73.3 Å². The molecule has 104 valence electrons. The monoisotopic (exact) mass is 266 g/mol. The Bertz CT molecular complexity index is 328. The van der Waals surface area contributed by atoms with E-state index in [-0.39, 0.29) is 0 Å². The molecule has 0 fully saturated rings. The van der Waals surface area contributed by atoms with Gasteiger partial charge < -0.3 is 35.4 Å². The summed E-state index contributed by atoms with van der Waals surface area (Å²) in [5.74, 6) is -7.03. The summed E-state index contributed by atoms with van der Waals surface area (Å²) >= 11 is 0. The van der Waals surface area contributed by atoms with Crippen LogP contribution in [0.1, 0.15) is 0 Å². The molecule has 4 atom stereocenters. The van der Waals surface area contributed by atoms with Crippen LogP contribution in [0.5, 0.6) is 0 Å². The number of aliphatic carboxylic acids is 1. The van der Waals surface area contributed by atoms with Gasteiger partial charge in [0, 0.05) is 6.08 Å². The molecule has 0 aliphatic rings. The summed E-state index contributed by atoms with van der Waals surface area (Å²) in [5, 5.41) is 54.3. The maximum absolute atomic E-state index is 10.8. The minimum Gasteiger partial charge on any atom is -0.476 e. The van der Waals surface area contributed by atoms with E-state index in [4.69, 9.17) is 15.3 Å². The van der Waals surface area contributed by atoms with Gasteiger partial charge in [0.1, 0.15) is 12.2 Å². The lowest BCUT2D eigenvalue weighted by molar-refractivity contribution is -0.267. The Labute approximate surface area is 101 Å². The largest absolute Gasteiger partial charge is 0.476 e. The van der Waals surface area contributed by atoms with Crippen molar-refractivity contribution >= 4 is 11.9 Å². The molecule has 0 aromatic heterocycles. The number of hydrogen-bond acceptors (Lipinski definition) is 8. The molecular weight excluding hydrogens is 252 g/mol. The average Bonchev–Trinajstić information content (AvgIpc) is 2.35. The number of carboxylic acids is 1. The van der Waals surface area contributed by atoms with Crippen molar-refractivity contribution in [1.82, 2.24) is 0 Å². The van der Waals surface area contributed by atoms with E-state index in [1.807, 2.05) is 0 Å². The third-order valence-electron chi connectivity index (χ3n) is 2.03. The maximum Gasteiger partial charge on any atom is 0.380 e. The number of esters is 1. The van der Waals surface area contributed by atoms with E-state index in [0.717, 1.165) is 0 Å². The smallest absolute Gasteiger partial charge is 0.380 e. The highest BCUT2D eigenvalue weighted by atomic mass is 16.7. The second-order valence-corrected chi connectivity index (χ2v) is 3.31. The third kappa shape index (κ3) is 3.48. The molecule has 0 aliphatic heterocycles. The lowest BCUT2D eigenvalue weighted by Gasteiger charge is -2.31. The maximum atomic E-state index is 10.8. The highest BCUT2D eigenvalue weighted by Gasteiger charge is 2.52. The first-order chi connectivity index (χ1) is 8.20. The fourth-order valence-electron chi connectivity index (χ4n) is 0.975. The fourth-order valence-corrected chi connectivity index (χ4v) is 0.975. The summed E-state index contributed by atoms with van der Waals surface area (Å²) in [6.07, 6.45) is -6.25. The van der Waals surface area contributed by atoms with Crippen LogP contribution in [0, 0.1) is 0 Å². The second-order valence-electron chi connectivity index (χ2n) is 3.31. The molecule has 0 amide bonds. The van der Waals surface area contributed by atoms with Gasteiger partial charge in [-0.1, -0.05) is 6.58 Å². The molecule has 0 unspecified atom stereocenters. The lowest BCUT2D eigenvalue weighted by atomic mass is 10.00. The SMILES string of the molecule is C=CC(=O)O[C@](O)(C(=O)O)[C@@H](O)[C@H](O)[C@H](O)CO. The van der Waals surface area contributed by atoms with Crippen molar-refractivity contribution in [1.29, 1.82) is 0 Å². The number of rotatable bonds is 7. The van der Waals surface area contributed by atoms with Gasteiger partial charge in [-0.3, -0.25) is 0 Å². The van der Waals surface area contributed by atoms with Crippen LogP contribution in [0.25, 0.3) is 0 Å². The molecule has 0 aliphatic carbocycles. The van der Waals surface area contributed by atoms with Gasteiger partial charge in [-0.05, 0) is 0 Å². The highest BCUT2D eigenvalue weighted by Crippen LogP contribution is 2.19. The summed E-state index contributed by atoms with van der Waals surface area (Å²) in [5.41, 5.74) is 0. The molecule has 0 aromatic carbocycles. The van der Waals surface area contributed by atoms with Gasteiger partial charge >= 0.3 is 17.7 Å². The quantitative estimate of drug-likeness (QED) is 0.156. The highest BCUT2D eigenvalue weighted by molar-refractivity contribution is 5.86. The van der Waals surface area contributed by atoms with E-state index in [1.54, 1.807) is 0 Å². The number of hydrogen-bond donors (Lipinski definition) is 6. The molecule has 0 saturated carbocycles. The van der Waals surface area contributed by atoms with E-state index < -0.39 is 42.6 Å². The predicted molar refractivity (Wildman–Crippen MR) is 54.0 cm³/mol. The molecule has 0 heterocycles. The van der Waals surface area contributed by atoms with E-state index in [2.05, 4.69) is 11.3 Å². The molecule has 0 saturated heterocycles. The van der Waals surface area contributed by atoms with Crippen LogP contribution in [0.15, 0.2) is 12.7 Å². The zero-order valence-corrected chi connectivity index (χ0v) is 9.13. The van der Waals surface area contributed by atoms with Crippen molar-refractivity contribution in [2.45, 2.75) is 24.1 Å². The first-order valence-electron chi connectivity index (χ1n) is 4.67. The van der Waals surface area contributed by atoms with Crippen LogP contribution in [-0.2, 0) is 14.3 Å². The number of carbonyl (C=O) groups excluding carboxylic acids is 1. The van der Waals surface area contributed by atoms with Gasteiger partial charge in [0.05, 0.1) is 6.61 Å². The molecule has 9 nitrogen and oxygen atoms in total. The van der Waals surface area contributed by atoms with Crippen molar-refractivity contribution in [2.75, 3.05) is 6.61 Å². The summed E-state index contributed by atoms with van der Waals surface area (Å²) < 4.78 is 4.02. The zero-order valence-electron chi connectivity index (χ0n) is 9.13. The predicted octanol–water partition coefficient (Wildman–Crippen LogP) is -3.44. The Balaban J connectivity index is 5.15. The second kappa shape index (κ2) is 6.42. The first kappa shape index (κ1) is 16.5. The van der Waals surface area contributed by atoms with Gasteiger partial charge in [-0.15, -0.1) is 0 Å². The number of aliphatic hydroxyl groups is 5. The van der Waals surface area contributed by atoms with Crippen molar-refractivity contribution < 1.29 is 45.0 Å². The number of aliphatic hydroxyl groups excluding tert-OH is 4. The fraction of sp³-hybridized carbons (Fsp3) is 0.556. The minimum absolute atomic E-state index is 0.523. The van der Waals surface area contributed by atoms with Crippen LogP contribution in [0.4, 0.5) is 0 Å². The molecule has 6 N–H and O–H groups in total. The average molecular weight is 266 g/mol. The topological polar surface area (TPSA) is 165 Å². The van der Waals surface area contributed by atoms with Gasteiger partial charge in [-0.25, -0.2) is 9.59 Å². The van der Waals surface area contributed by atoms with Crippen molar-refractivity contribution in [3.63, 3.8) is 0 Å². The summed E-state index contributed by atoms with van der Waals surface area (Å²) in [4.78, 5) is 21.6. The summed E-state index contributed by atoms with van der Waals surface area (Å²) in [7, 11) is 0. The molecule has 0 rings (SSSR count). The van der Waals surface area contributed by atoms with Crippen molar-refractivity contribution in [3.05, 3.63) is 12.7 Å². The van der Waals surface area contributed by atoms with Gasteiger partial charge in [0.25, 0.3) is 0 Å². The van der Waals surface area contributed by atoms with Gasteiger partial charge in [0.15, 0.2) is 6.10 Å². The van der Waals surface area contributed by atoms with Crippen molar-refractivity contribution in [2.24, 2.45) is 0 Å². The molecule has 0 spiro atoms. The van der Waals surface area contributed by atoms with Crippen LogP contribution < -0.4 is 0 Å². The Morgan fingerprint density at radius 1 is 1.33 bits per heavy atom. The van der Waals surface area contributed by atoms with E-state index >= 15 is 0 Å². The molecule has 18 heavy (non-hydrogen) atoms. The van der Waals surface area contributed by atoms with Gasteiger partial charge in [0.2, 0.25) is 0 Å². The van der Waals surface area contributed by atoms with E-state index in [9.17, 15) is 24.9 Å². The number of ether oxygens (including phenoxy) is 1. The summed E-state index contributed by atoms with van der Waals surface area (Å²) in [6, 6.07) is 0. The zero-order chi connectivity index (χ0) is 14.5. The molecule has 9 heteroatoms. The normalized spacial score (nSPS) is 19.2. The molecule has 0 radical (unpaired) electrons. The molecular formula is C9H14O9. The summed E-state index contributed by atoms with van der Waals surface area (Å²) in [6.45, 7) is 1.94. The first-order valence-corrected chi connectivity index (χ1v) is 4.67. The van der Waals surface area contributed by atoms with E-state index in [0.29, 0.717) is 6.08 Å². The third-order valence-corrected chi connectivity index (χ3v) is 2.03. The van der Waals surface area contributed by atoms with Gasteiger partial charge in [-0.2, -0.15) is 0 Å². The van der Waals surface area contributed by atoms with E-state index in [1.165, 1.54) is 0 Å². The standard InChI is InChI=1S/C9H14O9/c1-2-5(12)18-9(17,8(15)16)7(14)6(13)4(11)3-10/h2,4,6-7,10-11,13-14,17H,1,3H2,(H,15,16)/t4-,6-,7+,9+/m1/s1. The van der Waals surface area contributed by atoms with Crippen LogP contribution >= 0.6 is 0 Å². The van der Waals surface area contributed by atoms with Crippen LogP contribution in [0.3, 0.4) is 0 Å². The Kier molecular flexibility index (Phi) is 5.88. The molecule has 0 aromatic rings. The Morgan fingerprint density at radius 2 is 1.83 bits per heavy atom. The Morgan fingerprint density at radius 3 is 2.17 bits per heavy atom. The lowest BCUT2D eigenvalue weighted by Crippen LogP contribution is -2.60. The minimum atomic E-state index is -3.49. The number of carbonyl (C=O) groups is 2. The van der Waals surface area contributed by atoms with Crippen molar-refractivity contribution in [3.8, 4) is 0 Å².